The van der Waals surface area contributed by atoms with Crippen LogP contribution in [0.1, 0.15) is 49.3 Å². The number of benzene rings is 2. The molecule has 5 heteroatoms. The quantitative estimate of drug-likeness (QED) is 0.631. The lowest BCUT2D eigenvalue weighted by Gasteiger charge is -2.15. The summed E-state index contributed by atoms with van der Waals surface area (Å²) in [6.07, 6.45) is 2.60. The summed E-state index contributed by atoms with van der Waals surface area (Å²) in [4.78, 5) is 14.7. The zero-order valence-electron chi connectivity index (χ0n) is 16.7. The number of nitrogens with one attached hydrogen (secondary N) is 1. The number of amides is 1. The van der Waals surface area contributed by atoms with Gasteiger partial charge in [-0.1, -0.05) is 44.2 Å². The molecule has 0 bridgehead atoms. The van der Waals surface area contributed by atoms with Gasteiger partial charge in [0.1, 0.15) is 5.75 Å². The predicted octanol–water partition coefficient (Wildman–Crippen LogP) is 4.86. The number of halogens is 1. The monoisotopic (exact) mass is 444 g/mol. The number of rotatable bonds is 8. The molecule has 1 amide bonds. The van der Waals surface area contributed by atoms with Gasteiger partial charge in [0.15, 0.2) is 6.61 Å². The third-order valence-electron chi connectivity index (χ3n) is 5.07. The lowest BCUT2D eigenvalue weighted by molar-refractivity contribution is -0.123. The molecule has 4 nitrogen and oxygen atoms in total. The normalized spacial score (nSPS) is 14.4. The highest BCUT2D eigenvalue weighted by atomic mass is 79.9. The molecule has 1 heterocycles. The Morgan fingerprint density at radius 3 is 2.61 bits per heavy atom. The summed E-state index contributed by atoms with van der Waals surface area (Å²) in [5, 5.41) is 2.95. The highest BCUT2D eigenvalue weighted by Gasteiger charge is 2.12. The maximum Gasteiger partial charge on any atom is 0.258 e. The van der Waals surface area contributed by atoms with Gasteiger partial charge in [-0.25, -0.2) is 0 Å². The molecule has 1 saturated heterocycles. The summed E-state index contributed by atoms with van der Waals surface area (Å²) in [6, 6.07) is 14.4. The molecule has 1 aliphatic heterocycles. The maximum absolute atomic E-state index is 12.2. The minimum Gasteiger partial charge on any atom is -0.483 e. The molecule has 0 atom stereocenters. The van der Waals surface area contributed by atoms with Gasteiger partial charge in [-0.3, -0.25) is 9.69 Å². The van der Waals surface area contributed by atoms with Crippen molar-refractivity contribution < 1.29 is 9.53 Å². The van der Waals surface area contributed by atoms with E-state index in [9.17, 15) is 4.79 Å². The molecule has 150 valence electrons. The molecule has 1 fully saturated rings. The first-order valence-corrected chi connectivity index (χ1v) is 10.8. The van der Waals surface area contributed by atoms with Crippen molar-refractivity contribution in [2.24, 2.45) is 0 Å². The van der Waals surface area contributed by atoms with E-state index in [1.54, 1.807) is 0 Å². The second kappa shape index (κ2) is 10.1. The topological polar surface area (TPSA) is 41.6 Å². The Morgan fingerprint density at radius 2 is 1.89 bits per heavy atom. The van der Waals surface area contributed by atoms with Crippen molar-refractivity contribution in [1.29, 1.82) is 0 Å². The van der Waals surface area contributed by atoms with Gasteiger partial charge in [0, 0.05) is 13.1 Å². The first kappa shape index (κ1) is 20.9. The van der Waals surface area contributed by atoms with E-state index in [-0.39, 0.29) is 12.5 Å². The average Bonchev–Trinajstić information content (AvgIpc) is 3.18. The van der Waals surface area contributed by atoms with Crippen LogP contribution in [0.25, 0.3) is 0 Å². The summed E-state index contributed by atoms with van der Waals surface area (Å²) in [5.41, 5.74) is 3.66. The van der Waals surface area contributed by atoms with Crippen LogP contribution in [0.15, 0.2) is 46.9 Å². The minimum atomic E-state index is -0.121. The van der Waals surface area contributed by atoms with E-state index >= 15 is 0 Å². The van der Waals surface area contributed by atoms with Gasteiger partial charge in [0.05, 0.1) is 4.47 Å². The second-order valence-electron chi connectivity index (χ2n) is 7.71. The number of nitrogens with zero attached hydrogens (tertiary/aromatic N) is 1. The molecule has 2 aromatic rings. The highest BCUT2D eigenvalue weighted by molar-refractivity contribution is 9.10. The number of carbonyl (C=O) groups excluding carboxylic acids is 1. The zero-order valence-corrected chi connectivity index (χ0v) is 18.3. The van der Waals surface area contributed by atoms with Gasteiger partial charge in [0.2, 0.25) is 0 Å². The Bertz CT molecular complexity index is 801. The summed E-state index contributed by atoms with van der Waals surface area (Å²) in [7, 11) is 0. The first-order chi connectivity index (χ1) is 13.5. The van der Waals surface area contributed by atoms with Crippen LogP contribution in [0.2, 0.25) is 0 Å². The lowest BCUT2D eigenvalue weighted by atomic mass is 10.0. The van der Waals surface area contributed by atoms with E-state index in [2.05, 4.69) is 64.3 Å². The fourth-order valence-corrected chi connectivity index (χ4v) is 3.94. The summed E-state index contributed by atoms with van der Waals surface area (Å²) in [5.74, 6) is 1.02. The van der Waals surface area contributed by atoms with E-state index < -0.39 is 0 Å². The van der Waals surface area contributed by atoms with Gasteiger partial charge in [-0.15, -0.1) is 0 Å². The van der Waals surface area contributed by atoms with Gasteiger partial charge >= 0.3 is 0 Å². The molecule has 1 aliphatic rings. The molecule has 1 N–H and O–H groups in total. The zero-order chi connectivity index (χ0) is 19.9. The number of carbonyl (C=O) groups is 1. The molecule has 2 aromatic carbocycles. The Hall–Kier alpha value is -1.85. The summed E-state index contributed by atoms with van der Waals surface area (Å²) >= 11 is 3.52. The minimum absolute atomic E-state index is 0.00704. The third-order valence-corrected chi connectivity index (χ3v) is 5.69. The smallest absolute Gasteiger partial charge is 0.258 e. The maximum atomic E-state index is 12.2. The van der Waals surface area contributed by atoms with Crippen LogP contribution in [-0.2, 0) is 17.9 Å². The SMILES string of the molecule is CC(C)c1ccc(OCC(=O)NCc2cccc(CN3CCCC3)c2)c(Br)c1. The van der Waals surface area contributed by atoms with Gasteiger partial charge in [0.25, 0.3) is 5.91 Å². The van der Waals surface area contributed by atoms with Gasteiger partial charge in [-0.2, -0.15) is 0 Å². The average molecular weight is 445 g/mol. The first-order valence-electron chi connectivity index (χ1n) is 10.0. The molecule has 0 saturated carbocycles. The number of hydrogen-bond donors (Lipinski definition) is 1. The second-order valence-corrected chi connectivity index (χ2v) is 8.57. The number of ether oxygens (including phenoxy) is 1. The van der Waals surface area contributed by atoms with Gasteiger partial charge in [-0.05, 0) is 76.6 Å². The molecule has 0 aromatic heterocycles. The van der Waals surface area contributed by atoms with Gasteiger partial charge < -0.3 is 10.1 Å². The molecule has 3 rings (SSSR count). The van der Waals surface area contributed by atoms with Crippen LogP contribution in [0.3, 0.4) is 0 Å². The molecular weight excluding hydrogens is 416 g/mol. The van der Waals surface area contributed by atoms with E-state index in [1.165, 1.54) is 37.1 Å². The highest BCUT2D eigenvalue weighted by Crippen LogP contribution is 2.28. The Balaban J connectivity index is 1.46. The third kappa shape index (κ3) is 6.08. The Kier molecular flexibility index (Phi) is 7.51. The van der Waals surface area contributed by atoms with Crippen LogP contribution in [0.4, 0.5) is 0 Å². The van der Waals surface area contributed by atoms with Crippen LogP contribution in [0, 0.1) is 0 Å². The molecule has 0 unspecified atom stereocenters. The van der Waals surface area contributed by atoms with E-state index in [4.69, 9.17) is 4.74 Å². The van der Waals surface area contributed by atoms with Crippen LogP contribution in [-0.4, -0.2) is 30.5 Å². The van der Waals surface area contributed by atoms with Crippen molar-refractivity contribution in [3.05, 3.63) is 63.6 Å². The van der Waals surface area contributed by atoms with E-state index in [0.717, 1.165) is 16.6 Å². The van der Waals surface area contributed by atoms with E-state index in [1.807, 2.05) is 18.2 Å². The van der Waals surface area contributed by atoms with Crippen LogP contribution < -0.4 is 10.1 Å². The molecule has 28 heavy (non-hydrogen) atoms. The van der Waals surface area contributed by atoms with Crippen molar-refractivity contribution in [1.82, 2.24) is 10.2 Å². The van der Waals surface area contributed by atoms with E-state index in [0.29, 0.717) is 18.2 Å². The summed E-state index contributed by atoms with van der Waals surface area (Å²) in [6.45, 7) is 8.19. The Labute approximate surface area is 176 Å². The number of hydrogen-bond acceptors (Lipinski definition) is 3. The lowest BCUT2D eigenvalue weighted by Crippen LogP contribution is -2.28. The van der Waals surface area contributed by atoms with Crippen molar-refractivity contribution in [2.75, 3.05) is 19.7 Å². The standard InChI is InChI=1S/C23H29BrN2O2/c1-17(2)20-8-9-22(21(24)13-20)28-16-23(27)25-14-18-6-5-7-19(12-18)15-26-10-3-4-11-26/h5-9,12-13,17H,3-4,10-11,14-16H2,1-2H3,(H,25,27). The molecular formula is C23H29BrN2O2. The van der Waals surface area contributed by atoms with Crippen LogP contribution >= 0.6 is 15.9 Å². The van der Waals surface area contributed by atoms with Crippen LogP contribution in [0.5, 0.6) is 5.75 Å². The van der Waals surface area contributed by atoms with Crippen molar-refractivity contribution >= 4 is 21.8 Å². The van der Waals surface area contributed by atoms with Crippen molar-refractivity contribution in [2.45, 2.75) is 45.7 Å². The van der Waals surface area contributed by atoms with Crippen molar-refractivity contribution in [3.63, 3.8) is 0 Å². The largest absolute Gasteiger partial charge is 0.483 e. The molecule has 0 radical (unpaired) electrons. The molecule has 0 spiro atoms. The fourth-order valence-electron chi connectivity index (χ4n) is 3.43. The van der Waals surface area contributed by atoms with Crippen molar-refractivity contribution in [3.8, 4) is 5.75 Å². The fraction of sp³-hybridized carbons (Fsp3) is 0.435. The predicted molar refractivity (Wildman–Crippen MR) is 117 cm³/mol. The summed E-state index contributed by atoms with van der Waals surface area (Å²) < 4.78 is 6.54. The Morgan fingerprint density at radius 1 is 1.14 bits per heavy atom. The number of likely N-dealkylation sites (tertiary alicyclic amines) is 1. The molecule has 0 aliphatic carbocycles.